The molecule has 0 fully saturated rings. The van der Waals surface area contributed by atoms with Crippen LogP contribution in [0.25, 0.3) is 0 Å². The van der Waals surface area contributed by atoms with Crippen molar-refractivity contribution in [2.75, 3.05) is 13.6 Å². The Hall–Kier alpha value is -0.530. The number of hydrogen-bond acceptors (Lipinski definition) is 1. The van der Waals surface area contributed by atoms with Crippen LogP contribution >= 0.6 is 11.6 Å². The van der Waals surface area contributed by atoms with Gasteiger partial charge in [0.15, 0.2) is 0 Å². The molecule has 0 aromatic heterocycles. The van der Waals surface area contributed by atoms with Crippen LogP contribution in [0.1, 0.15) is 25.8 Å². The zero-order valence-electron chi connectivity index (χ0n) is 9.81. The third kappa shape index (κ3) is 4.67. The third-order valence-corrected chi connectivity index (χ3v) is 2.90. The Kier molecular flexibility index (Phi) is 4.62. The van der Waals surface area contributed by atoms with E-state index in [1.54, 1.807) is 0 Å². The minimum atomic E-state index is 0.344. The lowest BCUT2D eigenvalue weighted by Gasteiger charge is -2.24. The van der Waals surface area contributed by atoms with E-state index >= 15 is 0 Å². The van der Waals surface area contributed by atoms with Crippen LogP contribution in [0.4, 0.5) is 0 Å². The van der Waals surface area contributed by atoms with Gasteiger partial charge in [0.05, 0.1) is 0 Å². The van der Waals surface area contributed by atoms with Crippen molar-refractivity contribution >= 4 is 11.6 Å². The fraction of sp³-hybridized carbons (Fsp3) is 0.538. The Morgan fingerprint density at radius 3 is 2.33 bits per heavy atom. The van der Waals surface area contributed by atoms with Gasteiger partial charge in [-0.15, -0.1) is 0 Å². The molecule has 0 heterocycles. The summed E-state index contributed by atoms with van der Waals surface area (Å²) in [4.78, 5) is 0. The van der Waals surface area contributed by atoms with Crippen molar-refractivity contribution in [3.8, 4) is 0 Å². The largest absolute Gasteiger partial charge is 0.320 e. The van der Waals surface area contributed by atoms with Gasteiger partial charge in [-0.1, -0.05) is 37.6 Å². The van der Waals surface area contributed by atoms with Crippen molar-refractivity contribution in [3.05, 3.63) is 34.9 Å². The number of nitrogens with one attached hydrogen (secondary N) is 1. The van der Waals surface area contributed by atoms with E-state index in [9.17, 15) is 0 Å². The van der Waals surface area contributed by atoms with E-state index in [2.05, 4.69) is 31.3 Å². The summed E-state index contributed by atoms with van der Waals surface area (Å²) in [5.74, 6) is 0. The normalized spacial score (nSPS) is 11.7. The Bertz CT molecular complexity index is 290. The fourth-order valence-corrected chi connectivity index (χ4v) is 1.83. The smallest absolute Gasteiger partial charge is 0.0406 e. The highest BCUT2D eigenvalue weighted by molar-refractivity contribution is 6.30. The minimum absolute atomic E-state index is 0.344. The Balaban J connectivity index is 2.56. The monoisotopic (exact) mass is 225 g/mol. The van der Waals surface area contributed by atoms with E-state index in [4.69, 9.17) is 11.6 Å². The maximum absolute atomic E-state index is 5.86. The summed E-state index contributed by atoms with van der Waals surface area (Å²) in [6, 6.07) is 8.16. The maximum Gasteiger partial charge on any atom is 0.0406 e. The molecule has 1 nitrogen and oxygen atoms in total. The summed E-state index contributed by atoms with van der Waals surface area (Å²) in [6.45, 7) is 5.68. The second-order valence-electron chi connectivity index (χ2n) is 4.82. The molecular weight excluding hydrogens is 206 g/mol. The Morgan fingerprint density at radius 2 is 1.80 bits per heavy atom. The fourth-order valence-electron chi connectivity index (χ4n) is 1.71. The van der Waals surface area contributed by atoms with Crippen molar-refractivity contribution < 1.29 is 0 Å². The average molecular weight is 226 g/mol. The van der Waals surface area contributed by atoms with E-state index in [1.165, 1.54) is 12.0 Å². The zero-order chi connectivity index (χ0) is 11.3. The third-order valence-electron chi connectivity index (χ3n) is 2.65. The van der Waals surface area contributed by atoms with E-state index in [0.717, 1.165) is 18.0 Å². The number of hydrogen-bond donors (Lipinski definition) is 1. The van der Waals surface area contributed by atoms with Gasteiger partial charge in [-0.25, -0.2) is 0 Å². The van der Waals surface area contributed by atoms with Crippen molar-refractivity contribution in [1.29, 1.82) is 0 Å². The second kappa shape index (κ2) is 5.53. The molecule has 0 aliphatic heterocycles. The molecule has 15 heavy (non-hydrogen) atoms. The van der Waals surface area contributed by atoms with Crippen molar-refractivity contribution in [2.45, 2.75) is 26.7 Å². The van der Waals surface area contributed by atoms with Gasteiger partial charge in [-0.05, 0) is 49.5 Å². The summed E-state index contributed by atoms with van der Waals surface area (Å²) in [6.07, 6.45) is 2.29. The van der Waals surface area contributed by atoms with Crippen LogP contribution in [-0.4, -0.2) is 13.6 Å². The molecule has 1 rings (SSSR count). The molecule has 0 radical (unpaired) electrons. The highest BCUT2D eigenvalue weighted by atomic mass is 35.5. The molecule has 0 bridgehead atoms. The lowest BCUT2D eigenvalue weighted by Crippen LogP contribution is -2.21. The molecule has 2 heteroatoms. The topological polar surface area (TPSA) is 12.0 Å². The highest BCUT2D eigenvalue weighted by Crippen LogP contribution is 2.25. The molecule has 0 spiro atoms. The lowest BCUT2D eigenvalue weighted by molar-refractivity contribution is 0.329. The van der Waals surface area contributed by atoms with E-state index in [0.29, 0.717) is 5.41 Å². The highest BCUT2D eigenvalue weighted by Gasteiger charge is 2.17. The number of rotatable bonds is 5. The molecule has 0 unspecified atom stereocenters. The minimum Gasteiger partial charge on any atom is -0.320 e. The molecular formula is C13H20ClN. The molecule has 0 amide bonds. The van der Waals surface area contributed by atoms with Gasteiger partial charge in [-0.2, -0.15) is 0 Å². The van der Waals surface area contributed by atoms with Crippen LogP contribution in [0.5, 0.6) is 0 Å². The number of benzene rings is 1. The van der Waals surface area contributed by atoms with Gasteiger partial charge < -0.3 is 5.32 Å². The molecule has 84 valence electrons. The summed E-state index contributed by atoms with van der Waals surface area (Å²) < 4.78 is 0. The van der Waals surface area contributed by atoms with Gasteiger partial charge in [0, 0.05) is 5.02 Å². The standard InChI is InChI=1S/C13H20ClN/c1-13(2,8-9-15-3)10-11-4-6-12(14)7-5-11/h4-7,15H,8-10H2,1-3H3. The molecule has 1 aromatic carbocycles. The van der Waals surface area contributed by atoms with Crippen molar-refractivity contribution in [3.63, 3.8) is 0 Å². The van der Waals surface area contributed by atoms with Gasteiger partial charge in [-0.3, -0.25) is 0 Å². The van der Waals surface area contributed by atoms with Gasteiger partial charge in [0.2, 0.25) is 0 Å². The molecule has 0 atom stereocenters. The van der Waals surface area contributed by atoms with Gasteiger partial charge in [0.1, 0.15) is 0 Å². The summed E-state index contributed by atoms with van der Waals surface area (Å²) in [7, 11) is 2.00. The quantitative estimate of drug-likeness (QED) is 0.809. The van der Waals surface area contributed by atoms with Gasteiger partial charge >= 0.3 is 0 Å². The Morgan fingerprint density at radius 1 is 1.20 bits per heavy atom. The van der Waals surface area contributed by atoms with Crippen LogP contribution in [0, 0.1) is 5.41 Å². The molecule has 0 saturated heterocycles. The van der Waals surface area contributed by atoms with E-state index in [1.807, 2.05) is 19.2 Å². The number of halogens is 1. The Labute approximate surface area is 97.8 Å². The molecule has 1 aromatic rings. The van der Waals surface area contributed by atoms with E-state index in [-0.39, 0.29) is 0 Å². The first-order valence-electron chi connectivity index (χ1n) is 5.42. The SMILES string of the molecule is CNCCC(C)(C)Cc1ccc(Cl)cc1. The molecule has 0 saturated carbocycles. The van der Waals surface area contributed by atoms with Crippen LogP contribution in [0.3, 0.4) is 0 Å². The second-order valence-corrected chi connectivity index (χ2v) is 5.26. The molecule has 1 N–H and O–H groups in total. The first kappa shape index (κ1) is 12.5. The first-order chi connectivity index (χ1) is 7.03. The van der Waals surface area contributed by atoms with Crippen LogP contribution in [-0.2, 0) is 6.42 Å². The average Bonchev–Trinajstić information content (AvgIpc) is 2.18. The summed E-state index contributed by atoms with van der Waals surface area (Å²) in [5.41, 5.74) is 1.71. The van der Waals surface area contributed by atoms with Crippen LogP contribution in [0.15, 0.2) is 24.3 Å². The summed E-state index contributed by atoms with van der Waals surface area (Å²) >= 11 is 5.86. The maximum atomic E-state index is 5.86. The van der Waals surface area contributed by atoms with Crippen molar-refractivity contribution in [2.24, 2.45) is 5.41 Å². The molecule has 0 aliphatic carbocycles. The lowest BCUT2D eigenvalue weighted by atomic mass is 9.83. The predicted molar refractivity (Wildman–Crippen MR) is 67.5 cm³/mol. The first-order valence-corrected chi connectivity index (χ1v) is 5.80. The van der Waals surface area contributed by atoms with Crippen molar-refractivity contribution in [1.82, 2.24) is 5.32 Å². The van der Waals surface area contributed by atoms with Gasteiger partial charge in [0.25, 0.3) is 0 Å². The van der Waals surface area contributed by atoms with E-state index < -0.39 is 0 Å². The predicted octanol–water partition coefficient (Wildman–Crippen LogP) is 3.52. The van der Waals surface area contributed by atoms with Crippen LogP contribution < -0.4 is 5.32 Å². The zero-order valence-corrected chi connectivity index (χ0v) is 10.6. The molecule has 0 aliphatic rings. The van der Waals surface area contributed by atoms with Crippen LogP contribution in [0.2, 0.25) is 5.02 Å². The summed E-state index contributed by atoms with van der Waals surface area (Å²) in [5, 5.41) is 4.01.